The average Bonchev–Trinajstić information content (AvgIpc) is 3.86. The standard InChI is InChI=1S/C34H33ClFN3O5/c1-3-7-21(8-4-2)20-43-33(41)22-10-14-25(15-11-22)44-34(42)27-19-39(24-12-13-24)30-26(32(27)40)17-28(36)31(29(30)35)38-16-6-5-9-23(37)18-38/h1-2,10-11,14-15,17,19,21,23-24H,5-9,12-13,16,18,20,37H2/t23-/m1/s1. The summed E-state index contributed by atoms with van der Waals surface area (Å²) in [6.45, 7) is 1.13. The van der Waals surface area contributed by atoms with Crippen LogP contribution in [0.15, 0.2) is 41.3 Å². The Morgan fingerprint density at radius 2 is 1.80 bits per heavy atom. The van der Waals surface area contributed by atoms with E-state index in [0.717, 1.165) is 38.2 Å². The third kappa shape index (κ3) is 6.75. The predicted molar refractivity (Wildman–Crippen MR) is 168 cm³/mol. The zero-order chi connectivity index (χ0) is 31.4. The molecule has 1 saturated heterocycles. The van der Waals surface area contributed by atoms with Crippen molar-refractivity contribution in [1.82, 2.24) is 4.57 Å². The number of pyridine rings is 1. The Balaban J connectivity index is 1.39. The number of fused-ring (bicyclic) bond motifs is 1. The molecule has 3 aromatic rings. The van der Waals surface area contributed by atoms with Gasteiger partial charge < -0.3 is 24.7 Å². The van der Waals surface area contributed by atoms with E-state index < -0.39 is 23.2 Å². The van der Waals surface area contributed by atoms with Crippen molar-refractivity contribution in [3.8, 4) is 30.4 Å². The average molecular weight is 618 g/mol. The van der Waals surface area contributed by atoms with E-state index in [9.17, 15) is 14.4 Å². The second kappa shape index (κ2) is 13.5. The molecule has 1 aromatic heterocycles. The van der Waals surface area contributed by atoms with E-state index >= 15 is 4.39 Å². The molecule has 0 radical (unpaired) electrons. The first-order chi connectivity index (χ1) is 21.2. The lowest BCUT2D eigenvalue weighted by Crippen LogP contribution is -2.36. The van der Waals surface area contributed by atoms with Gasteiger partial charge in [-0.15, -0.1) is 24.7 Å². The molecular weight excluding hydrogens is 585 g/mol. The number of hydrogen-bond acceptors (Lipinski definition) is 7. The number of halogens is 2. The molecule has 1 saturated carbocycles. The molecule has 0 spiro atoms. The molecule has 2 N–H and O–H groups in total. The van der Waals surface area contributed by atoms with Crippen LogP contribution in [0.3, 0.4) is 0 Å². The minimum absolute atomic E-state index is 0.00258. The first kappa shape index (κ1) is 31.1. The molecule has 44 heavy (non-hydrogen) atoms. The quantitative estimate of drug-likeness (QED) is 0.192. The summed E-state index contributed by atoms with van der Waals surface area (Å²) >= 11 is 6.85. The highest BCUT2D eigenvalue weighted by atomic mass is 35.5. The van der Waals surface area contributed by atoms with E-state index in [1.54, 1.807) is 4.57 Å². The Kier molecular flexibility index (Phi) is 9.58. The van der Waals surface area contributed by atoms with E-state index in [1.165, 1.54) is 30.5 Å². The van der Waals surface area contributed by atoms with Gasteiger partial charge in [-0.2, -0.15) is 0 Å². The summed E-state index contributed by atoms with van der Waals surface area (Å²) in [6.07, 6.45) is 17.2. The van der Waals surface area contributed by atoms with Gasteiger partial charge in [0, 0.05) is 50.1 Å². The number of hydrogen-bond donors (Lipinski definition) is 1. The summed E-state index contributed by atoms with van der Waals surface area (Å²) in [5, 5.41) is 0.133. The van der Waals surface area contributed by atoms with Crippen LogP contribution in [-0.4, -0.2) is 42.2 Å². The zero-order valence-corrected chi connectivity index (χ0v) is 24.9. The number of benzene rings is 2. The van der Waals surface area contributed by atoms with Crippen molar-refractivity contribution in [2.24, 2.45) is 11.7 Å². The van der Waals surface area contributed by atoms with E-state index in [0.29, 0.717) is 31.4 Å². The molecule has 0 bridgehead atoms. The fraction of sp³-hybridized carbons (Fsp3) is 0.382. The summed E-state index contributed by atoms with van der Waals surface area (Å²) in [5.74, 6) is 2.87. The van der Waals surface area contributed by atoms with Gasteiger partial charge in [-0.25, -0.2) is 14.0 Å². The van der Waals surface area contributed by atoms with Crippen LogP contribution in [0.1, 0.15) is 71.7 Å². The molecule has 0 unspecified atom stereocenters. The summed E-state index contributed by atoms with van der Waals surface area (Å²) in [5.41, 5.74) is 6.14. The topological polar surface area (TPSA) is 104 Å². The van der Waals surface area contributed by atoms with Crippen molar-refractivity contribution in [1.29, 1.82) is 0 Å². The molecule has 0 amide bonds. The molecule has 1 atom stereocenters. The Labute approximate surface area is 260 Å². The van der Waals surface area contributed by atoms with Crippen LogP contribution < -0.4 is 20.8 Å². The zero-order valence-electron chi connectivity index (χ0n) is 24.2. The number of terminal acetylenes is 2. The summed E-state index contributed by atoms with van der Waals surface area (Å²) in [7, 11) is 0. The van der Waals surface area contributed by atoms with E-state index in [4.69, 9.17) is 39.7 Å². The van der Waals surface area contributed by atoms with Crippen molar-refractivity contribution in [2.45, 2.75) is 57.0 Å². The molecule has 2 fully saturated rings. The smallest absolute Gasteiger partial charge is 0.349 e. The van der Waals surface area contributed by atoms with Crippen LogP contribution in [0, 0.1) is 36.4 Å². The summed E-state index contributed by atoms with van der Waals surface area (Å²) < 4.78 is 28.2. The number of nitrogens with zero attached hydrogens (tertiary/aromatic N) is 2. The maximum absolute atomic E-state index is 15.6. The van der Waals surface area contributed by atoms with Gasteiger partial charge in [0.15, 0.2) is 0 Å². The van der Waals surface area contributed by atoms with E-state index in [2.05, 4.69) is 11.8 Å². The van der Waals surface area contributed by atoms with Gasteiger partial charge in [-0.05, 0) is 56.0 Å². The van der Waals surface area contributed by atoms with Crippen molar-refractivity contribution in [3.05, 3.63) is 68.7 Å². The Morgan fingerprint density at radius 1 is 1.09 bits per heavy atom. The lowest BCUT2D eigenvalue weighted by Gasteiger charge is -2.27. The highest BCUT2D eigenvalue weighted by Gasteiger charge is 2.31. The van der Waals surface area contributed by atoms with Crippen molar-refractivity contribution < 1.29 is 23.5 Å². The predicted octanol–water partition coefficient (Wildman–Crippen LogP) is 5.49. The van der Waals surface area contributed by atoms with Crippen LogP contribution in [0.25, 0.3) is 10.9 Å². The fourth-order valence-corrected chi connectivity index (χ4v) is 5.92. The molecular formula is C34H33ClFN3O5. The lowest BCUT2D eigenvalue weighted by atomic mass is 10.0. The fourth-order valence-electron chi connectivity index (χ4n) is 5.51. The lowest BCUT2D eigenvalue weighted by molar-refractivity contribution is 0.0444. The highest BCUT2D eigenvalue weighted by molar-refractivity contribution is 6.38. The van der Waals surface area contributed by atoms with Gasteiger partial charge in [-0.1, -0.05) is 18.0 Å². The van der Waals surface area contributed by atoms with Crippen LogP contribution in [0.4, 0.5) is 10.1 Å². The van der Waals surface area contributed by atoms with Crippen LogP contribution >= 0.6 is 11.6 Å². The van der Waals surface area contributed by atoms with Crippen molar-refractivity contribution in [3.63, 3.8) is 0 Å². The first-order valence-electron chi connectivity index (χ1n) is 14.7. The number of anilines is 1. The second-order valence-electron chi connectivity index (χ2n) is 11.3. The molecule has 10 heteroatoms. The van der Waals surface area contributed by atoms with Crippen molar-refractivity contribution >= 4 is 40.1 Å². The Bertz CT molecular complexity index is 1700. The number of aromatic nitrogens is 1. The Morgan fingerprint density at radius 3 is 2.45 bits per heavy atom. The largest absolute Gasteiger partial charge is 0.462 e. The monoisotopic (exact) mass is 617 g/mol. The Hall–Kier alpha value is -4.31. The highest BCUT2D eigenvalue weighted by Crippen LogP contribution is 2.42. The SMILES string of the molecule is C#CCC(CC#C)COC(=O)c1ccc(OC(=O)c2cn(C3CC3)c3c(Cl)c(N4CCCC[C@@H](N)C4)c(F)cc3c2=O)cc1. The third-order valence-corrected chi connectivity index (χ3v) is 8.29. The molecule has 2 aliphatic rings. The number of rotatable bonds is 9. The number of carbonyl (C=O) groups excluding carboxylic acids is 2. The first-order valence-corrected chi connectivity index (χ1v) is 15.0. The van der Waals surface area contributed by atoms with E-state index in [-0.39, 0.29) is 57.6 Å². The van der Waals surface area contributed by atoms with Gasteiger partial charge in [0.25, 0.3) is 0 Å². The summed E-state index contributed by atoms with van der Waals surface area (Å²) in [6, 6.07) is 6.78. The van der Waals surface area contributed by atoms with Crippen LogP contribution in [0.5, 0.6) is 5.75 Å². The van der Waals surface area contributed by atoms with Crippen LogP contribution in [-0.2, 0) is 4.74 Å². The number of ether oxygens (including phenoxy) is 2. The normalized spacial score (nSPS) is 16.7. The molecule has 2 aromatic carbocycles. The molecule has 1 aliphatic heterocycles. The van der Waals surface area contributed by atoms with Crippen LogP contribution in [0.2, 0.25) is 5.02 Å². The van der Waals surface area contributed by atoms with Gasteiger partial charge in [0.05, 0.1) is 33.8 Å². The van der Waals surface area contributed by atoms with Gasteiger partial charge in [-0.3, -0.25) is 4.79 Å². The van der Waals surface area contributed by atoms with E-state index in [1.807, 2.05) is 4.90 Å². The minimum Gasteiger partial charge on any atom is -0.462 e. The van der Waals surface area contributed by atoms with Gasteiger partial charge in [0.1, 0.15) is 17.1 Å². The molecule has 8 nitrogen and oxygen atoms in total. The maximum atomic E-state index is 15.6. The van der Waals surface area contributed by atoms with Gasteiger partial charge >= 0.3 is 11.9 Å². The van der Waals surface area contributed by atoms with Crippen molar-refractivity contribution in [2.75, 3.05) is 24.6 Å². The summed E-state index contributed by atoms with van der Waals surface area (Å²) in [4.78, 5) is 41.1. The minimum atomic E-state index is -0.910. The molecule has 1 aliphatic carbocycles. The molecule has 228 valence electrons. The number of nitrogens with two attached hydrogens (primary N) is 1. The molecule has 2 heterocycles. The number of carbonyl (C=O) groups is 2. The second-order valence-corrected chi connectivity index (χ2v) is 11.7. The third-order valence-electron chi connectivity index (χ3n) is 7.93. The van der Waals surface area contributed by atoms with Gasteiger partial charge in [0.2, 0.25) is 5.43 Å². The molecule has 5 rings (SSSR count). The number of esters is 2. The maximum Gasteiger partial charge on any atom is 0.349 e.